The third kappa shape index (κ3) is 7.65. The molecule has 1 unspecified atom stereocenters. The molecule has 0 spiro atoms. The second-order valence-electron chi connectivity index (χ2n) is 14.8. The van der Waals surface area contributed by atoms with Crippen LogP contribution in [-0.2, 0) is 36.7 Å². The van der Waals surface area contributed by atoms with Crippen LogP contribution in [0.1, 0.15) is 93.7 Å². The van der Waals surface area contributed by atoms with Crippen LogP contribution in [0, 0.1) is 35.6 Å². The van der Waals surface area contributed by atoms with Gasteiger partial charge in [0.25, 0.3) is 0 Å². The van der Waals surface area contributed by atoms with Crippen LogP contribution >= 0.6 is 0 Å². The fourth-order valence-corrected chi connectivity index (χ4v) is 8.39. The molecule has 0 N–H and O–H groups in total. The Balaban J connectivity index is 0.00000200. The van der Waals surface area contributed by atoms with E-state index in [1.807, 2.05) is 0 Å². The Bertz CT molecular complexity index is 1890. The second-order valence-corrected chi connectivity index (χ2v) is 16.2. The summed E-state index contributed by atoms with van der Waals surface area (Å²) in [4.78, 5) is 0. The predicted octanol–water partition coefficient (Wildman–Crippen LogP) is 12.1. The van der Waals surface area contributed by atoms with Crippen molar-refractivity contribution in [3.05, 3.63) is 145 Å². The Labute approximate surface area is 308 Å². The van der Waals surface area contributed by atoms with E-state index in [9.17, 15) is 0 Å². The molecule has 0 saturated heterocycles. The van der Waals surface area contributed by atoms with Crippen LogP contribution in [0.4, 0.5) is 0 Å². The summed E-state index contributed by atoms with van der Waals surface area (Å²) < 4.78 is 0. The maximum Gasteiger partial charge on any atom is 4.00 e. The number of benzene rings is 4. The molecular formula is C45H52HfSi. The van der Waals surface area contributed by atoms with E-state index in [2.05, 4.69) is 153 Å². The van der Waals surface area contributed by atoms with E-state index in [4.69, 9.17) is 0 Å². The summed E-state index contributed by atoms with van der Waals surface area (Å²) in [5.41, 5.74) is 14.0. The molecule has 5 aromatic carbocycles. The summed E-state index contributed by atoms with van der Waals surface area (Å²) in [6.07, 6.45) is 4.54. The average Bonchev–Trinajstić information content (AvgIpc) is 3.53. The van der Waals surface area contributed by atoms with Gasteiger partial charge in [-0.3, -0.25) is 0 Å². The van der Waals surface area contributed by atoms with Gasteiger partial charge < -0.3 is 21.8 Å². The van der Waals surface area contributed by atoms with Gasteiger partial charge in [0.1, 0.15) is 0 Å². The van der Waals surface area contributed by atoms with Crippen LogP contribution in [-0.4, -0.2) is 9.52 Å². The van der Waals surface area contributed by atoms with E-state index in [-0.39, 0.29) is 51.5 Å². The molecule has 0 amide bonds. The Morgan fingerprint density at radius 2 is 1.26 bits per heavy atom. The fraction of sp³-hybridized carbons (Fsp3) is 0.289. The topological polar surface area (TPSA) is 0 Å². The van der Waals surface area contributed by atoms with Gasteiger partial charge in [-0.15, -0.1) is 34.2 Å². The minimum atomic E-state index is 0. The third-order valence-corrected chi connectivity index (χ3v) is 10.8. The molecule has 2 heteroatoms. The van der Waals surface area contributed by atoms with Crippen molar-refractivity contribution in [2.24, 2.45) is 0 Å². The van der Waals surface area contributed by atoms with Crippen LogP contribution in [0.2, 0.25) is 0 Å². The number of hydrogen-bond acceptors (Lipinski definition) is 0. The van der Waals surface area contributed by atoms with Gasteiger partial charge in [-0.05, 0) is 80.7 Å². The number of rotatable bonds is 6. The van der Waals surface area contributed by atoms with E-state index >= 15 is 0 Å². The summed E-state index contributed by atoms with van der Waals surface area (Å²) in [6, 6.07) is 32.7. The molecule has 0 aromatic heterocycles. The normalized spacial score (nSPS) is 14.1. The molecule has 2 radical (unpaired) electrons. The van der Waals surface area contributed by atoms with Crippen LogP contribution < -0.4 is 5.19 Å². The first kappa shape index (κ1) is 38.8. The van der Waals surface area contributed by atoms with Crippen molar-refractivity contribution in [1.82, 2.24) is 0 Å². The molecule has 1 aliphatic carbocycles. The summed E-state index contributed by atoms with van der Waals surface area (Å²) >= 11 is 0. The molecule has 5 aromatic rings. The Hall–Kier alpha value is -2.68. The first-order valence-electron chi connectivity index (χ1n) is 16.2. The minimum Gasteiger partial charge on any atom is -0.358 e. The van der Waals surface area contributed by atoms with Crippen molar-refractivity contribution in [3.63, 3.8) is 0 Å². The van der Waals surface area contributed by atoms with Gasteiger partial charge in [0.05, 0.1) is 9.52 Å². The van der Waals surface area contributed by atoms with Gasteiger partial charge in [-0.2, -0.15) is 12.5 Å². The largest absolute Gasteiger partial charge is 4.00 e. The van der Waals surface area contributed by atoms with Crippen molar-refractivity contribution in [3.8, 4) is 22.3 Å². The summed E-state index contributed by atoms with van der Waals surface area (Å²) in [7, 11) is 0.644. The molecule has 6 rings (SSSR count). The summed E-state index contributed by atoms with van der Waals surface area (Å²) in [5.74, 6) is 0.430. The van der Waals surface area contributed by atoms with E-state index in [0.717, 1.165) is 12.8 Å². The molecule has 240 valence electrons. The Morgan fingerprint density at radius 1 is 0.702 bits per heavy atom. The monoisotopic (exact) mass is 800 g/mol. The molecule has 0 saturated carbocycles. The second kappa shape index (κ2) is 14.8. The molecule has 0 bridgehead atoms. The van der Waals surface area contributed by atoms with Crippen LogP contribution in [0.5, 0.6) is 0 Å². The third-order valence-electron chi connectivity index (χ3n) is 9.49. The van der Waals surface area contributed by atoms with Crippen molar-refractivity contribution < 1.29 is 25.8 Å². The number of hydrogen-bond donors (Lipinski definition) is 0. The smallest absolute Gasteiger partial charge is 0.358 e. The maximum atomic E-state index is 4.28. The summed E-state index contributed by atoms with van der Waals surface area (Å²) in [6.45, 7) is 22.5. The molecular weight excluding hydrogens is 747 g/mol. The molecule has 0 fully saturated rings. The number of aryl methyl sites for hydroxylation is 2. The van der Waals surface area contributed by atoms with Crippen molar-refractivity contribution in [1.29, 1.82) is 0 Å². The SMILES string of the molecule is [CH2-]CCC1C([Si]c2cc3c(-c4ccc(C(C)(C)C)cc4C)cccc3[cH-]2)=Cc2c(-c3ccc(C(C)(C)C)cc3C)cccc21.[CH3-].[CH3-].[Hf+4]. The Kier molecular flexibility index (Phi) is 12.2. The molecule has 0 nitrogen and oxygen atoms in total. The van der Waals surface area contributed by atoms with Crippen LogP contribution in [0.15, 0.2) is 90.1 Å². The van der Waals surface area contributed by atoms with Gasteiger partial charge in [0.2, 0.25) is 0 Å². The van der Waals surface area contributed by atoms with Crippen molar-refractivity contribution in [2.75, 3.05) is 0 Å². The van der Waals surface area contributed by atoms with Gasteiger partial charge in [-0.1, -0.05) is 125 Å². The van der Waals surface area contributed by atoms with E-state index < -0.39 is 0 Å². The molecule has 1 atom stereocenters. The maximum absolute atomic E-state index is 4.28. The van der Waals surface area contributed by atoms with E-state index in [0.29, 0.717) is 15.4 Å². The van der Waals surface area contributed by atoms with E-state index in [1.165, 1.54) is 71.6 Å². The standard InChI is InChI=1S/C43H46Si.2CH3.Hf/c1-10-13-38-37-17-12-16-36(34-21-19-31(23-28(34)3)43(7,8)9)40(37)26-41(38)44-32-24-29-14-11-15-35(39(29)25-32)33-20-18-30(22-27(33)2)42(4,5)6;;;/h11-12,14-26,38H,1,10,13H2,2-9H3;2*1H3;/q-2;2*-1;+4. The molecule has 0 aliphatic heterocycles. The first-order valence-corrected chi connectivity index (χ1v) is 17.2. The minimum absolute atomic E-state index is 0. The summed E-state index contributed by atoms with van der Waals surface area (Å²) in [5, 5.41) is 5.67. The quantitative estimate of drug-likeness (QED) is 0.119. The first-order chi connectivity index (χ1) is 20.8. The Morgan fingerprint density at radius 3 is 1.81 bits per heavy atom. The predicted molar refractivity (Wildman–Crippen MR) is 207 cm³/mol. The van der Waals surface area contributed by atoms with Crippen LogP contribution in [0.25, 0.3) is 39.1 Å². The van der Waals surface area contributed by atoms with Crippen molar-refractivity contribution >= 4 is 31.6 Å². The number of allylic oxidation sites excluding steroid dienone is 1. The zero-order chi connectivity index (χ0) is 31.4. The van der Waals surface area contributed by atoms with Gasteiger partial charge in [0, 0.05) is 0 Å². The van der Waals surface area contributed by atoms with Gasteiger partial charge >= 0.3 is 25.8 Å². The molecule has 0 heterocycles. The zero-order valence-corrected chi connectivity index (χ0v) is 35.0. The average molecular weight is 799 g/mol. The number of fused-ring (bicyclic) bond motifs is 2. The van der Waals surface area contributed by atoms with Gasteiger partial charge in [0.15, 0.2) is 0 Å². The van der Waals surface area contributed by atoms with Crippen LogP contribution in [0.3, 0.4) is 0 Å². The molecule has 1 aliphatic rings. The molecule has 47 heavy (non-hydrogen) atoms. The van der Waals surface area contributed by atoms with Crippen molar-refractivity contribution in [2.45, 2.75) is 85.0 Å². The zero-order valence-electron chi connectivity index (χ0n) is 30.4. The fourth-order valence-electron chi connectivity index (χ4n) is 6.92. The van der Waals surface area contributed by atoms with E-state index in [1.54, 1.807) is 5.20 Å². The van der Waals surface area contributed by atoms with Gasteiger partial charge in [-0.25, -0.2) is 0 Å².